The van der Waals surface area contributed by atoms with Gasteiger partial charge in [0.1, 0.15) is 5.60 Å². The minimum Gasteiger partial charge on any atom is -0.444 e. The Morgan fingerprint density at radius 2 is 2.19 bits per heavy atom. The van der Waals surface area contributed by atoms with Gasteiger partial charge in [0, 0.05) is 19.1 Å². The van der Waals surface area contributed by atoms with Crippen LogP contribution < -0.4 is 5.32 Å². The molecule has 1 rings (SSSR count). The zero-order valence-corrected chi connectivity index (χ0v) is 10.6. The van der Waals surface area contributed by atoms with Gasteiger partial charge >= 0.3 is 6.09 Å². The lowest BCUT2D eigenvalue weighted by atomic mass is 10.2. The molecule has 1 amide bonds. The Morgan fingerprint density at radius 3 is 2.75 bits per heavy atom. The zero-order valence-electron chi connectivity index (χ0n) is 10.6. The molecular weight excluding hydrogens is 208 g/mol. The van der Waals surface area contributed by atoms with Crippen LogP contribution in [0.5, 0.6) is 0 Å². The van der Waals surface area contributed by atoms with Gasteiger partial charge in [0.05, 0.1) is 13.2 Å². The summed E-state index contributed by atoms with van der Waals surface area (Å²) in [5.41, 5.74) is -0.445. The van der Waals surface area contributed by atoms with E-state index < -0.39 is 5.60 Å². The fourth-order valence-corrected chi connectivity index (χ4v) is 1.48. The van der Waals surface area contributed by atoms with Crippen molar-refractivity contribution in [1.29, 1.82) is 0 Å². The van der Waals surface area contributed by atoms with Gasteiger partial charge in [-0.15, -0.1) is 0 Å². The van der Waals surface area contributed by atoms with Crippen LogP contribution in [-0.4, -0.2) is 56.0 Å². The fraction of sp³-hybridized carbons (Fsp3) is 0.909. The smallest absolute Gasteiger partial charge is 0.410 e. The molecule has 5 nitrogen and oxygen atoms in total. The zero-order chi connectivity index (χ0) is 12.2. The van der Waals surface area contributed by atoms with E-state index in [9.17, 15) is 4.79 Å². The second-order valence-corrected chi connectivity index (χ2v) is 4.99. The normalized spacial score (nSPS) is 22.8. The van der Waals surface area contributed by atoms with Crippen LogP contribution in [-0.2, 0) is 9.47 Å². The Morgan fingerprint density at radius 1 is 1.50 bits per heavy atom. The van der Waals surface area contributed by atoms with Crippen LogP contribution >= 0.6 is 0 Å². The highest BCUT2D eigenvalue weighted by atomic mass is 16.6. The summed E-state index contributed by atoms with van der Waals surface area (Å²) in [6.45, 7) is 8.03. The van der Waals surface area contributed by atoms with Crippen molar-refractivity contribution in [2.45, 2.75) is 32.4 Å². The second kappa shape index (κ2) is 5.50. The van der Waals surface area contributed by atoms with Gasteiger partial charge in [0.2, 0.25) is 0 Å². The molecule has 1 fully saturated rings. The van der Waals surface area contributed by atoms with Crippen molar-refractivity contribution in [1.82, 2.24) is 10.2 Å². The number of likely N-dealkylation sites (N-methyl/N-ethyl adjacent to an activating group) is 1. The summed E-state index contributed by atoms with van der Waals surface area (Å²) in [5.74, 6) is 0. The van der Waals surface area contributed by atoms with E-state index in [1.807, 2.05) is 27.8 Å². The van der Waals surface area contributed by atoms with Crippen molar-refractivity contribution in [3.8, 4) is 0 Å². The molecule has 0 radical (unpaired) electrons. The quantitative estimate of drug-likeness (QED) is 0.725. The van der Waals surface area contributed by atoms with Crippen LogP contribution in [0.25, 0.3) is 0 Å². The summed E-state index contributed by atoms with van der Waals surface area (Å²) >= 11 is 0. The molecule has 94 valence electrons. The van der Waals surface area contributed by atoms with Crippen molar-refractivity contribution >= 4 is 6.09 Å². The van der Waals surface area contributed by atoms with E-state index in [0.717, 1.165) is 0 Å². The number of nitrogens with one attached hydrogen (secondary N) is 1. The van der Waals surface area contributed by atoms with E-state index in [1.54, 1.807) is 4.90 Å². The average molecular weight is 230 g/mol. The summed E-state index contributed by atoms with van der Waals surface area (Å²) in [6.07, 6.45) is -0.266. The van der Waals surface area contributed by atoms with E-state index in [2.05, 4.69) is 5.32 Å². The molecule has 5 heteroatoms. The molecule has 0 aliphatic carbocycles. The number of hydrogen-bond acceptors (Lipinski definition) is 4. The summed E-state index contributed by atoms with van der Waals surface area (Å²) in [5, 5.41) is 3.12. The molecule has 0 aromatic carbocycles. The number of hydrogen-bond donors (Lipinski definition) is 1. The van der Waals surface area contributed by atoms with Gasteiger partial charge in [-0.25, -0.2) is 4.79 Å². The highest BCUT2D eigenvalue weighted by molar-refractivity contribution is 5.68. The van der Waals surface area contributed by atoms with Crippen LogP contribution in [0.4, 0.5) is 4.79 Å². The monoisotopic (exact) mass is 230 g/mol. The third kappa shape index (κ3) is 4.37. The summed E-state index contributed by atoms with van der Waals surface area (Å²) in [6, 6.07) is 0.176. The standard InChI is InChI=1S/C11H22N2O3/c1-11(2,3)16-10(14)13-5-6-15-8-9(7-13)12-4/h9,12H,5-8H2,1-4H3/t9-/m0/s1. The highest BCUT2D eigenvalue weighted by Gasteiger charge is 2.25. The summed E-state index contributed by atoms with van der Waals surface area (Å²) in [7, 11) is 1.87. The van der Waals surface area contributed by atoms with Gasteiger partial charge in [-0.1, -0.05) is 0 Å². The lowest BCUT2D eigenvalue weighted by Crippen LogP contribution is -2.44. The number of ether oxygens (including phenoxy) is 2. The minimum atomic E-state index is -0.445. The maximum absolute atomic E-state index is 11.8. The molecule has 1 heterocycles. The molecule has 0 aromatic rings. The second-order valence-electron chi connectivity index (χ2n) is 4.99. The summed E-state index contributed by atoms with van der Waals surface area (Å²) < 4.78 is 10.7. The first-order valence-electron chi connectivity index (χ1n) is 5.65. The maximum atomic E-state index is 11.8. The van der Waals surface area contributed by atoms with Gasteiger partial charge in [-0.2, -0.15) is 0 Å². The SMILES string of the molecule is CN[C@@H]1COCCN(C(=O)OC(C)(C)C)C1. The molecule has 1 N–H and O–H groups in total. The molecule has 0 aromatic heterocycles. The molecule has 0 unspecified atom stereocenters. The first-order chi connectivity index (χ1) is 7.42. The molecular formula is C11H22N2O3. The van der Waals surface area contributed by atoms with E-state index in [0.29, 0.717) is 26.3 Å². The predicted octanol–water partition coefficient (Wildman–Crippen LogP) is 0.842. The molecule has 1 saturated heterocycles. The number of nitrogens with zero attached hydrogens (tertiary/aromatic N) is 1. The van der Waals surface area contributed by atoms with Crippen LogP contribution in [0.15, 0.2) is 0 Å². The topological polar surface area (TPSA) is 50.8 Å². The van der Waals surface area contributed by atoms with Gasteiger partial charge in [0.25, 0.3) is 0 Å². The Bertz CT molecular complexity index is 238. The Hall–Kier alpha value is -0.810. The van der Waals surface area contributed by atoms with Gasteiger partial charge in [-0.3, -0.25) is 0 Å². The van der Waals surface area contributed by atoms with E-state index in [-0.39, 0.29) is 12.1 Å². The number of rotatable bonds is 1. The molecule has 0 bridgehead atoms. The van der Waals surface area contributed by atoms with Crippen molar-refractivity contribution in [2.75, 3.05) is 33.4 Å². The van der Waals surface area contributed by atoms with Crippen molar-refractivity contribution in [2.24, 2.45) is 0 Å². The maximum Gasteiger partial charge on any atom is 0.410 e. The third-order valence-electron chi connectivity index (χ3n) is 2.33. The largest absolute Gasteiger partial charge is 0.444 e. The Balaban J connectivity index is 2.53. The van der Waals surface area contributed by atoms with Crippen LogP contribution in [0.2, 0.25) is 0 Å². The van der Waals surface area contributed by atoms with Crippen molar-refractivity contribution in [3.05, 3.63) is 0 Å². The number of carbonyl (C=O) groups excluding carboxylic acids is 1. The number of carbonyl (C=O) groups is 1. The molecule has 16 heavy (non-hydrogen) atoms. The van der Waals surface area contributed by atoms with Crippen LogP contribution in [0.1, 0.15) is 20.8 Å². The third-order valence-corrected chi connectivity index (χ3v) is 2.33. The predicted molar refractivity (Wildman–Crippen MR) is 61.5 cm³/mol. The average Bonchev–Trinajstić information content (AvgIpc) is 2.39. The van der Waals surface area contributed by atoms with E-state index in [4.69, 9.17) is 9.47 Å². The molecule has 1 atom stereocenters. The van der Waals surface area contributed by atoms with E-state index >= 15 is 0 Å². The van der Waals surface area contributed by atoms with Crippen LogP contribution in [0, 0.1) is 0 Å². The minimum absolute atomic E-state index is 0.176. The Labute approximate surface area is 97.1 Å². The lowest BCUT2D eigenvalue weighted by Gasteiger charge is -2.27. The highest BCUT2D eigenvalue weighted by Crippen LogP contribution is 2.11. The summed E-state index contributed by atoms with van der Waals surface area (Å²) in [4.78, 5) is 13.5. The number of amides is 1. The fourth-order valence-electron chi connectivity index (χ4n) is 1.48. The molecule has 1 aliphatic rings. The lowest BCUT2D eigenvalue weighted by molar-refractivity contribution is 0.0239. The Kier molecular flexibility index (Phi) is 4.56. The van der Waals surface area contributed by atoms with E-state index in [1.165, 1.54) is 0 Å². The van der Waals surface area contributed by atoms with Gasteiger partial charge in [0.15, 0.2) is 0 Å². The molecule has 0 spiro atoms. The van der Waals surface area contributed by atoms with Crippen LogP contribution in [0.3, 0.4) is 0 Å². The van der Waals surface area contributed by atoms with Crippen molar-refractivity contribution in [3.63, 3.8) is 0 Å². The molecule has 1 aliphatic heterocycles. The first kappa shape index (κ1) is 13.3. The molecule has 0 saturated carbocycles. The van der Waals surface area contributed by atoms with Gasteiger partial charge < -0.3 is 19.7 Å². The first-order valence-corrected chi connectivity index (χ1v) is 5.65. The van der Waals surface area contributed by atoms with Crippen molar-refractivity contribution < 1.29 is 14.3 Å². The van der Waals surface area contributed by atoms with Gasteiger partial charge in [-0.05, 0) is 27.8 Å².